The molecule has 0 bridgehead atoms. The van der Waals surface area contributed by atoms with E-state index >= 15 is 0 Å². The van der Waals surface area contributed by atoms with Gasteiger partial charge in [0.1, 0.15) is 0 Å². The summed E-state index contributed by atoms with van der Waals surface area (Å²) in [6, 6.07) is 5.83. The van der Waals surface area contributed by atoms with E-state index in [2.05, 4.69) is 10.4 Å². The second-order valence-corrected chi connectivity index (χ2v) is 3.91. The lowest BCUT2D eigenvalue weighted by atomic mass is 10.2. The largest absolute Gasteiger partial charge is 0.493 e. The van der Waals surface area contributed by atoms with Crippen LogP contribution in [-0.2, 0) is 13.6 Å². The fourth-order valence-electron chi connectivity index (χ4n) is 1.80. The predicted molar refractivity (Wildman–Crippen MR) is 70.1 cm³/mol. The normalized spacial score (nSPS) is 10.2. The van der Waals surface area contributed by atoms with Gasteiger partial charge in [-0.15, -0.1) is 0 Å². The Morgan fingerprint density at radius 1 is 1.28 bits per heavy atom. The molecule has 0 unspecified atom stereocenters. The molecule has 1 aromatic heterocycles. The van der Waals surface area contributed by atoms with Gasteiger partial charge >= 0.3 is 0 Å². The highest BCUT2D eigenvalue weighted by atomic mass is 16.5. The SMILES string of the molecule is COc1cccc(CNc2cnn(C)c2)c1OC. The molecule has 0 atom stereocenters. The van der Waals surface area contributed by atoms with Crippen LogP contribution in [0.5, 0.6) is 11.5 Å². The average Bonchev–Trinajstić information content (AvgIpc) is 2.81. The summed E-state index contributed by atoms with van der Waals surface area (Å²) in [5, 5.41) is 7.39. The van der Waals surface area contributed by atoms with E-state index in [9.17, 15) is 0 Å². The van der Waals surface area contributed by atoms with E-state index in [1.54, 1.807) is 25.1 Å². The maximum atomic E-state index is 5.38. The van der Waals surface area contributed by atoms with Crippen LogP contribution in [0.2, 0.25) is 0 Å². The van der Waals surface area contributed by atoms with Gasteiger partial charge in [0.05, 0.1) is 26.1 Å². The van der Waals surface area contributed by atoms with Crippen molar-refractivity contribution in [1.82, 2.24) is 9.78 Å². The molecule has 0 aliphatic carbocycles. The van der Waals surface area contributed by atoms with E-state index in [-0.39, 0.29) is 0 Å². The molecule has 0 fully saturated rings. The van der Waals surface area contributed by atoms with Crippen molar-refractivity contribution in [1.29, 1.82) is 0 Å². The molecule has 0 saturated carbocycles. The topological polar surface area (TPSA) is 48.3 Å². The minimum atomic E-state index is 0.659. The van der Waals surface area contributed by atoms with Gasteiger partial charge in [-0.05, 0) is 6.07 Å². The van der Waals surface area contributed by atoms with Gasteiger partial charge in [-0.1, -0.05) is 12.1 Å². The zero-order valence-electron chi connectivity index (χ0n) is 10.8. The number of ether oxygens (including phenoxy) is 2. The first-order valence-corrected chi connectivity index (χ1v) is 5.67. The lowest BCUT2D eigenvalue weighted by Crippen LogP contribution is -2.02. The number of hydrogen-bond acceptors (Lipinski definition) is 4. The predicted octanol–water partition coefficient (Wildman–Crippen LogP) is 2.05. The third-order valence-corrected chi connectivity index (χ3v) is 2.67. The summed E-state index contributed by atoms with van der Waals surface area (Å²) in [6.45, 7) is 0.659. The number of benzene rings is 1. The van der Waals surface area contributed by atoms with Gasteiger partial charge in [-0.2, -0.15) is 5.10 Å². The summed E-state index contributed by atoms with van der Waals surface area (Å²) in [5.74, 6) is 1.50. The molecule has 0 radical (unpaired) electrons. The average molecular weight is 247 g/mol. The van der Waals surface area contributed by atoms with E-state index in [1.165, 1.54) is 0 Å². The molecule has 1 heterocycles. The number of rotatable bonds is 5. The van der Waals surface area contributed by atoms with Crippen LogP contribution in [0.25, 0.3) is 0 Å². The molecule has 2 rings (SSSR count). The van der Waals surface area contributed by atoms with E-state index in [4.69, 9.17) is 9.47 Å². The molecule has 1 aromatic carbocycles. The van der Waals surface area contributed by atoms with Gasteiger partial charge < -0.3 is 14.8 Å². The number of aryl methyl sites for hydroxylation is 1. The van der Waals surface area contributed by atoms with Crippen LogP contribution in [0.3, 0.4) is 0 Å². The van der Waals surface area contributed by atoms with Crippen LogP contribution in [-0.4, -0.2) is 24.0 Å². The van der Waals surface area contributed by atoms with Crippen LogP contribution < -0.4 is 14.8 Å². The molecule has 5 heteroatoms. The second kappa shape index (κ2) is 5.44. The van der Waals surface area contributed by atoms with Crippen molar-refractivity contribution in [3.05, 3.63) is 36.2 Å². The van der Waals surface area contributed by atoms with Gasteiger partial charge in [0.25, 0.3) is 0 Å². The lowest BCUT2D eigenvalue weighted by Gasteiger charge is -2.12. The number of methoxy groups -OCH3 is 2. The third kappa shape index (κ3) is 2.56. The number of aromatic nitrogens is 2. The van der Waals surface area contributed by atoms with Crippen LogP contribution in [0, 0.1) is 0 Å². The van der Waals surface area contributed by atoms with Crippen molar-refractivity contribution >= 4 is 5.69 Å². The minimum Gasteiger partial charge on any atom is -0.493 e. The smallest absolute Gasteiger partial charge is 0.165 e. The Morgan fingerprint density at radius 3 is 2.72 bits per heavy atom. The number of para-hydroxylation sites is 1. The maximum absolute atomic E-state index is 5.38. The van der Waals surface area contributed by atoms with Crippen molar-refractivity contribution in [2.45, 2.75) is 6.54 Å². The summed E-state index contributed by atoms with van der Waals surface area (Å²) < 4.78 is 12.4. The summed E-state index contributed by atoms with van der Waals surface area (Å²) in [5.41, 5.74) is 2.02. The summed E-state index contributed by atoms with van der Waals surface area (Å²) in [7, 11) is 5.17. The quantitative estimate of drug-likeness (QED) is 0.878. The standard InChI is InChI=1S/C13H17N3O2/c1-16-9-11(8-15-16)14-7-10-5-4-6-12(17-2)13(10)18-3/h4-6,8-9,14H,7H2,1-3H3. The first-order chi connectivity index (χ1) is 8.74. The number of hydrogen-bond donors (Lipinski definition) is 1. The summed E-state index contributed by atoms with van der Waals surface area (Å²) >= 11 is 0. The Labute approximate surface area is 106 Å². The van der Waals surface area contributed by atoms with E-state index < -0.39 is 0 Å². The molecular weight excluding hydrogens is 230 g/mol. The Hall–Kier alpha value is -2.17. The van der Waals surface area contributed by atoms with Crippen molar-refractivity contribution in [2.24, 2.45) is 7.05 Å². The highest BCUT2D eigenvalue weighted by molar-refractivity contribution is 5.49. The van der Waals surface area contributed by atoms with Gasteiger partial charge in [-0.3, -0.25) is 4.68 Å². The molecule has 0 spiro atoms. The van der Waals surface area contributed by atoms with E-state index in [1.807, 2.05) is 31.4 Å². The molecule has 0 saturated heterocycles. The van der Waals surface area contributed by atoms with Crippen LogP contribution in [0.1, 0.15) is 5.56 Å². The van der Waals surface area contributed by atoms with Gasteiger partial charge in [0.15, 0.2) is 11.5 Å². The van der Waals surface area contributed by atoms with Crippen molar-refractivity contribution < 1.29 is 9.47 Å². The van der Waals surface area contributed by atoms with Crippen LogP contribution >= 0.6 is 0 Å². The van der Waals surface area contributed by atoms with Crippen molar-refractivity contribution in [3.63, 3.8) is 0 Å². The van der Waals surface area contributed by atoms with Gasteiger partial charge in [0, 0.05) is 25.4 Å². The minimum absolute atomic E-state index is 0.659. The molecule has 18 heavy (non-hydrogen) atoms. The second-order valence-electron chi connectivity index (χ2n) is 3.91. The fourth-order valence-corrected chi connectivity index (χ4v) is 1.80. The first-order valence-electron chi connectivity index (χ1n) is 5.67. The third-order valence-electron chi connectivity index (χ3n) is 2.67. The molecule has 0 aliphatic heterocycles. The molecule has 0 amide bonds. The Balaban J connectivity index is 2.13. The molecule has 5 nitrogen and oxygen atoms in total. The Kier molecular flexibility index (Phi) is 3.72. The van der Waals surface area contributed by atoms with Gasteiger partial charge in [-0.25, -0.2) is 0 Å². The van der Waals surface area contributed by atoms with Crippen molar-refractivity contribution in [3.8, 4) is 11.5 Å². The first kappa shape index (κ1) is 12.3. The number of nitrogens with zero attached hydrogens (tertiary/aromatic N) is 2. The van der Waals surface area contributed by atoms with E-state index in [0.29, 0.717) is 6.54 Å². The van der Waals surface area contributed by atoms with Crippen molar-refractivity contribution in [2.75, 3.05) is 19.5 Å². The highest BCUT2D eigenvalue weighted by Crippen LogP contribution is 2.30. The molecule has 96 valence electrons. The Bertz CT molecular complexity index is 523. The number of anilines is 1. The maximum Gasteiger partial charge on any atom is 0.165 e. The molecule has 1 N–H and O–H groups in total. The summed E-state index contributed by atoms with van der Waals surface area (Å²) in [4.78, 5) is 0. The van der Waals surface area contributed by atoms with Gasteiger partial charge in [0.2, 0.25) is 0 Å². The highest BCUT2D eigenvalue weighted by Gasteiger charge is 2.09. The zero-order chi connectivity index (χ0) is 13.0. The molecule has 0 aliphatic rings. The fraction of sp³-hybridized carbons (Fsp3) is 0.308. The van der Waals surface area contributed by atoms with Crippen LogP contribution in [0.4, 0.5) is 5.69 Å². The summed E-state index contributed by atoms with van der Waals surface area (Å²) in [6.07, 6.45) is 3.71. The lowest BCUT2D eigenvalue weighted by molar-refractivity contribution is 0.352. The molecule has 2 aromatic rings. The van der Waals surface area contributed by atoms with Crippen LogP contribution in [0.15, 0.2) is 30.6 Å². The monoisotopic (exact) mass is 247 g/mol. The molecular formula is C13H17N3O2. The zero-order valence-corrected chi connectivity index (χ0v) is 10.8. The van der Waals surface area contributed by atoms with E-state index in [0.717, 1.165) is 22.7 Å². The Morgan fingerprint density at radius 2 is 2.11 bits per heavy atom. The number of nitrogens with one attached hydrogen (secondary N) is 1.